The van der Waals surface area contributed by atoms with E-state index in [0.717, 1.165) is 0 Å². The minimum absolute atomic E-state index is 0. The molecule has 0 N–H and O–H groups in total. The van der Waals surface area contributed by atoms with Gasteiger partial charge in [-0.2, -0.15) is 0 Å². The lowest BCUT2D eigenvalue weighted by atomic mass is 10.3. The Morgan fingerprint density at radius 3 is 0.900 bits per heavy atom. The summed E-state index contributed by atoms with van der Waals surface area (Å²) in [5.41, 5.74) is 0. The molecule has 0 unspecified atom stereocenters. The van der Waals surface area contributed by atoms with Gasteiger partial charge in [-0.25, -0.2) is 0 Å². The van der Waals surface area contributed by atoms with Crippen LogP contribution in [0.4, 0.5) is 0 Å². The second-order valence-electron chi connectivity index (χ2n) is 2.61. The Hall–Kier alpha value is 0.0249. The van der Waals surface area contributed by atoms with E-state index in [1.165, 1.54) is 30.7 Å². The molecule has 0 radical (unpaired) electrons. The molecule has 0 aliphatic carbocycles. The summed E-state index contributed by atoms with van der Waals surface area (Å²) in [4.78, 5) is 0. The Bertz CT molecular complexity index is 52.1. The van der Waals surface area contributed by atoms with E-state index in [-0.39, 0.29) is 8.41 Å². The zero-order valence-electron chi connectivity index (χ0n) is 7.28. The first kappa shape index (κ1) is 12.7. The van der Waals surface area contributed by atoms with E-state index in [4.69, 9.17) is 0 Å². The van der Waals surface area contributed by atoms with Crippen molar-refractivity contribution in [1.29, 1.82) is 0 Å². The Kier molecular flexibility index (Phi) is 7.33. The summed E-state index contributed by atoms with van der Waals surface area (Å²) in [6.07, 6.45) is 0. The number of nitrogens with zero attached hydrogens (tertiary/aromatic N) is 1. The first-order valence-corrected chi connectivity index (χ1v) is 4.09. The van der Waals surface area contributed by atoms with Crippen LogP contribution in [0, 0.1) is 0 Å². The Labute approximate surface area is 67.6 Å². The van der Waals surface area contributed by atoms with Gasteiger partial charge in [0.25, 0.3) is 0 Å². The fourth-order valence-electron chi connectivity index (χ4n) is 1.34. The lowest BCUT2D eigenvalue weighted by molar-refractivity contribution is -0.921. The van der Waals surface area contributed by atoms with E-state index in [1.54, 1.807) is 0 Å². The molecule has 0 bridgehead atoms. The lowest BCUT2D eigenvalue weighted by Gasteiger charge is -2.34. The molecule has 0 fully saturated rings. The van der Waals surface area contributed by atoms with Crippen LogP contribution >= 0.6 is 0 Å². The van der Waals surface area contributed by atoms with Crippen molar-refractivity contribution in [3.63, 3.8) is 0 Å². The maximum atomic E-state index is 2.27. The molecule has 0 saturated heterocycles. The van der Waals surface area contributed by atoms with Gasteiger partial charge in [-0.15, -0.1) is 0 Å². The highest BCUT2D eigenvalue weighted by molar-refractivity contribution is 5.75. The van der Waals surface area contributed by atoms with Gasteiger partial charge in [0, 0.05) is 0 Å². The molecule has 0 aromatic carbocycles. The summed E-state index contributed by atoms with van der Waals surface area (Å²) in [5.74, 6) is 0. The van der Waals surface area contributed by atoms with Gasteiger partial charge in [-0.1, -0.05) is 8.41 Å². The van der Waals surface area contributed by atoms with Crippen molar-refractivity contribution in [2.75, 3.05) is 26.2 Å². The third kappa shape index (κ3) is 2.74. The standard InChI is InChI=1S/C8H20N.BH4/c1-5-9(6-2,7-3)8-4;/h5-8H2,1-4H3;1H4/q+1;-1. The highest BCUT2D eigenvalue weighted by atomic mass is 15.3. The molecule has 0 aliphatic heterocycles. The van der Waals surface area contributed by atoms with Crippen LogP contribution < -0.4 is 0 Å². The molecular formula is C8H24BN. The van der Waals surface area contributed by atoms with Crippen LogP contribution in [0.2, 0.25) is 0 Å². The number of rotatable bonds is 4. The van der Waals surface area contributed by atoms with Gasteiger partial charge in [-0.3, -0.25) is 0 Å². The average Bonchev–Trinajstić information content (AvgIpc) is 1.95. The van der Waals surface area contributed by atoms with Crippen molar-refractivity contribution in [2.45, 2.75) is 27.7 Å². The van der Waals surface area contributed by atoms with Gasteiger partial charge in [0.15, 0.2) is 0 Å². The highest BCUT2D eigenvalue weighted by Crippen LogP contribution is 2.03. The summed E-state index contributed by atoms with van der Waals surface area (Å²) >= 11 is 0. The van der Waals surface area contributed by atoms with Crippen LogP contribution in [0.3, 0.4) is 0 Å². The SMILES string of the molecule is CC[N+](CC)(CC)CC.[BH4-]. The van der Waals surface area contributed by atoms with E-state index in [2.05, 4.69) is 27.7 Å². The van der Waals surface area contributed by atoms with E-state index >= 15 is 0 Å². The van der Waals surface area contributed by atoms with Crippen LogP contribution in [0.5, 0.6) is 0 Å². The Morgan fingerprint density at radius 1 is 0.700 bits per heavy atom. The molecule has 0 saturated carbocycles. The summed E-state index contributed by atoms with van der Waals surface area (Å²) in [7, 11) is 0. The molecule has 0 rings (SSSR count). The largest absolute Gasteiger partial charge is 0.325 e. The van der Waals surface area contributed by atoms with Crippen LogP contribution in [0.15, 0.2) is 0 Å². The minimum Gasteiger partial charge on any atom is -0.325 e. The summed E-state index contributed by atoms with van der Waals surface area (Å²) < 4.78 is 1.28. The molecule has 1 nitrogen and oxygen atoms in total. The molecule has 2 heteroatoms. The zero-order chi connectivity index (χ0) is 7.33. The molecule has 10 heavy (non-hydrogen) atoms. The molecule has 0 aliphatic rings. The minimum atomic E-state index is 0. The maximum Gasteiger partial charge on any atom is 0.0757 e. The van der Waals surface area contributed by atoms with Crippen molar-refractivity contribution < 1.29 is 4.48 Å². The van der Waals surface area contributed by atoms with Crippen LogP contribution in [0.25, 0.3) is 0 Å². The first-order valence-electron chi connectivity index (χ1n) is 4.09. The van der Waals surface area contributed by atoms with Gasteiger partial charge >= 0.3 is 0 Å². The van der Waals surface area contributed by atoms with Crippen molar-refractivity contribution in [3.8, 4) is 0 Å². The molecule has 0 amide bonds. The lowest BCUT2D eigenvalue weighted by Crippen LogP contribution is -2.47. The quantitative estimate of drug-likeness (QED) is 0.397. The molecule has 0 spiro atoms. The van der Waals surface area contributed by atoms with Crippen molar-refractivity contribution in [2.24, 2.45) is 0 Å². The third-order valence-corrected chi connectivity index (χ3v) is 2.68. The number of quaternary nitrogens is 1. The van der Waals surface area contributed by atoms with Crippen molar-refractivity contribution in [1.82, 2.24) is 0 Å². The third-order valence-electron chi connectivity index (χ3n) is 2.68. The smallest absolute Gasteiger partial charge is 0.0757 e. The Balaban J connectivity index is 0. The first-order chi connectivity index (χ1) is 4.24. The second-order valence-corrected chi connectivity index (χ2v) is 2.61. The van der Waals surface area contributed by atoms with Gasteiger partial charge in [0.05, 0.1) is 26.2 Å². The molecule has 0 aromatic heterocycles. The van der Waals surface area contributed by atoms with E-state index < -0.39 is 0 Å². The molecule has 64 valence electrons. The van der Waals surface area contributed by atoms with E-state index in [0.29, 0.717) is 0 Å². The fraction of sp³-hybridized carbons (Fsp3) is 1.00. The predicted octanol–water partition coefficient (Wildman–Crippen LogP) is 0.431. The summed E-state index contributed by atoms with van der Waals surface area (Å²) in [6, 6.07) is 0. The zero-order valence-corrected chi connectivity index (χ0v) is 7.28. The fourth-order valence-corrected chi connectivity index (χ4v) is 1.34. The van der Waals surface area contributed by atoms with E-state index in [1.807, 2.05) is 0 Å². The van der Waals surface area contributed by atoms with Gasteiger partial charge < -0.3 is 4.48 Å². The molecule has 0 atom stereocenters. The van der Waals surface area contributed by atoms with Crippen LogP contribution in [0.1, 0.15) is 27.7 Å². The maximum absolute atomic E-state index is 2.27. The Morgan fingerprint density at radius 2 is 0.900 bits per heavy atom. The van der Waals surface area contributed by atoms with Gasteiger partial charge in [0.1, 0.15) is 0 Å². The highest BCUT2D eigenvalue weighted by Gasteiger charge is 2.16. The molecule has 0 heterocycles. The van der Waals surface area contributed by atoms with Crippen LogP contribution in [-0.4, -0.2) is 39.1 Å². The average molecular weight is 145 g/mol. The molecular weight excluding hydrogens is 121 g/mol. The summed E-state index contributed by atoms with van der Waals surface area (Å²) in [6.45, 7) is 14.2. The van der Waals surface area contributed by atoms with Gasteiger partial charge in [0.2, 0.25) is 0 Å². The monoisotopic (exact) mass is 145 g/mol. The van der Waals surface area contributed by atoms with Crippen molar-refractivity contribution in [3.05, 3.63) is 0 Å². The molecule has 0 aromatic rings. The van der Waals surface area contributed by atoms with E-state index in [9.17, 15) is 0 Å². The number of hydrogen-bond acceptors (Lipinski definition) is 0. The van der Waals surface area contributed by atoms with Crippen molar-refractivity contribution >= 4 is 8.41 Å². The second kappa shape index (κ2) is 5.78. The van der Waals surface area contributed by atoms with Crippen LogP contribution in [-0.2, 0) is 0 Å². The van der Waals surface area contributed by atoms with Gasteiger partial charge in [-0.05, 0) is 27.7 Å². The normalized spacial score (nSPS) is 10.8. The topological polar surface area (TPSA) is 0 Å². The summed E-state index contributed by atoms with van der Waals surface area (Å²) in [5, 5.41) is 0. The number of hydrogen-bond donors (Lipinski definition) is 0. The predicted molar refractivity (Wildman–Crippen MR) is 53.8 cm³/mol.